The van der Waals surface area contributed by atoms with Crippen molar-refractivity contribution in [2.45, 2.75) is 19.4 Å². The van der Waals surface area contributed by atoms with Crippen molar-refractivity contribution >= 4 is 28.6 Å². The van der Waals surface area contributed by atoms with Crippen LogP contribution >= 0.6 is 22.6 Å². The summed E-state index contributed by atoms with van der Waals surface area (Å²) in [6.45, 7) is 2.24. The number of likely N-dealkylation sites (N-methyl/N-ethyl adjacent to an activating group) is 1. The molecule has 0 aliphatic rings. The number of rotatable bonds is 5. The van der Waals surface area contributed by atoms with Crippen LogP contribution in [0.2, 0.25) is 0 Å². The van der Waals surface area contributed by atoms with E-state index in [1.54, 1.807) is 7.05 Å². The largest absolute Gasteiger partial charge is 0.465 e. The minimum atomic E-state index is -0.268. The molecule has 0 aliphatic carbocycles. The molecule has 0 amide bonds. The lowest BCUT2D eigenvalue weighted by Crippen LogP contribution is -2.37. The van der Waals surface area contributed by atoms with Gasteiger partial charge >= 0.3 is 5.97 Å². The highest BCUT2D eigenvalue weighted by Crippen LogP contribution is 2.13. The van der Waals surface area contributed by atoms with Gasteiger partial charge in [0.25, 0.3) is 0 Å². The van der Waals surface area contributed by atoms with Gasteiger partial charge in [0, 0.05) is 3.57 Å². The van der Waals surface area contributed by atoms with Gasteiger partial charge in [-0.2, -0.15) is 0 Å². The molecule has 1 unspecified atom stereocenters. The van der Waals surface area contributed by atoms with Crippen LogP contribution in [0.4, 0.5) is 0 Å². The smallest absolute Gasteiger partial charge is 0.323 e. The number of ether oxygens (including phenoxy) is 1. The molecule has 16 heavy (non-hydrogen) atoms. The standard InChI is InChI=1S/C12H16INO2/c1-3-16-12(15)11(14-2)8-9-6-4-5-7-10(9)13/h4-7,11,14H,3,8H2,1-2H3. The van der Waals surface area contributed by atoms with Crippen LogP contribution in [0.15, 0.2) is 24.3 Å². The van der Waals surface area contributed by atoms with Crippen molar-refractivity contribution in [3.8, 4) is 0 Å². The molecule has 0 radical (unpaired) electrons. The SMILES string of the molecule is CCOC(=O)C(Cc1ccccc1I)NC. The van der Waals surface area contributed by atoms with Crippen molar-refractivity contribution in [3.63, 3.8) is 0 Å². The van der Waals surface area contributed by atoms with Crippen LogP contribution in [0.25, 0.3) is 0 Å². The number of esters is 1. The van der Waals surface area contributed by atoms with Gasteiger partial charge in [-0.25, -0.2) is 0 Å². The third-order valence-electron chi connectivity index (χ3n) is 2.30. The summed E-state index contributed by atoms with van der Waals surface area (Å²) < 4.78 is 6.17. The fraction of sp³-hybridized carbons (Fsp3) is 0.417. The number of hydrogen-bond acceptors (Lipinski definition) is 3. The Labute approximate surface area is 110 Å². The van der Waals surface area contributed by atoms with E-state index in [1.165, 1.54) is 3.57 Å². The third kappa shape index (κ3) is 3.75. The zero-order chi connectivity index (χ0) is 12.0. The Bertz CT molecular complexity index is 355. The normalized spacial score (nSPS) is 12.2. The van der Waals surface area contributed by atoms with E-state index in [2.05, 4.69) is 27.9 Å². The summed E-state index contributed by atoms with van der Waals surface area (Å²) in [5, 5.41) is 2.98. The van der Waals surface area contributed by atoms with Crippen molar-refractivity contribution in [1.29, 1.82) is 0 Å². The molecule has 0 aromatic heterocycles. The molecule has 1 aromatic rings. The second-order valence-electron chi connectivity index (χ2n) is 3.39. The molecule has 1 aromatic carbocycles. The van der Waals surface area contributed by atoms with Crippen LogP contribution in [-0.2, 0) is 16.0 Å². The quantitative estimate of drug-likeness (QED) is 0.662. The van der Waals surface area contributed by atoms with E-state index in [0.717, 1.165) is 5.56 Å². The Kier molecular flexibility index (Phi) is 5.76. The molecule has 0 spiro atoms. The van der Waals surface area contributed by atoms with E-state index in [9.17, 15) is 4.79 Å². The molecule has 1 rings (SSSR count). The number of carbonyl (C=O) groups excluding carboxylic acids is 1. The van der Waals surface area contributed by atoms with Gasteiger partial charge in [-0.3, -0.25) is 4.79 Å². The number of nitrogens with one attached hydrogen (secondary N) is 1. The zero-order valence-electron chi connectivity index (χ0n) is 9.50. The summed E-state index contributed by atoms with van der Waals surface area (Å²) >= 11 is 2.27. The van der Waals surface area contributed by atoms with E-state index < -0.39 is 0 Å². The average molecular weight is 333 g/mol. The van der Waals surface area contributed by atoms with Crippen LogP contribution in [0.5, 0.6) is 0 Å². The molecular weight excluding hydrogens is 317 g/mol. The van der Waals surface area contributed by atoms with Crippen molar-refractivity contribution < 1.29 is 9.53 Å². The Morgan fingerprint density at radius 1 is 1.50 bits per heavy atom. The van der Waals surface area contributed by atoms with Gasteiger partial charge in [0.15, 0.2) is 0 Å². The van der Waals surface area contributed by atoms with Crippen LogP contribution < -0.4 is 5.32 Å². The Hall–Kier alpha value is -0.620. The zero-order valence-corrected chi connectivity index (χ0v) is 11.7. The predicted molar refractivity (Wildman–Crippen MR) is 72.3 cm³/mol. The summed E-state index contributed by atoms with van der Waals surface area (Å²) in [7, 11) is 1.78. The molecule has 0 heterocycles. The number of hydrogen-bond donors (Lipinski definition) is 1. The predicted octanol–water partition coefficient (Wildman–Crippen LogP) is 1.98. The molecule has 0 fully saturated rings. The molecule has 1 N–H and O–H groups in total. The first kappa shape index (κ1) is 13.4. The minimum Gasteiger partial charge on any atom is -0.465 e. The van der Waals surface area contributed by atoms with Crippen LogP contribution in [0.1, 0.15) is 12.5 Å². The first-order valence-electron chi connectivity index (χ1n) is 5.26. The minimum absolute atomic E-state index is 0.190. The molecule has 0 saturated heterocycles. The van der Waals surface area contributed by atoms with E-state index in [4.69, 9.17) is 4.74 Å². The molecule has 4 heteroatoms. The average Bonchev–Trinajstić information content (AvgIpc) is 2.28. The van der Waals surface area contributed by atoms with Gasteiger partial charge in [0.05, 0.1) is 6.61 Å². The highest BCUT2D eigenvalue weighted by atomic mass is 127. The van der Waals surface area contributed by atoms with Crippen molar-refractivity contribution in [1.82, 2.24) is 5.32 Å². The van der Waals surface area contributed by atoms with E-state index >= 15 is 0 Å². The topological polar surface area (TPSA) is 38.3 Å². The molecule has 1 atom stereocenters. The van der Waals surface area contributed by atoms with Crippen molar-refractivity contribution in [2.24, 2.45) is 0 Å². The summed E-state index contributed by atoms with van der Waals surface area (Å²) in [6, 6.07) is 7.77. The van der Waals surface area contributed by atoms with Gasteiger partial charge in [0.2, 0.25) is 0 Å². The molecule has 88 valence electrons. The molecule has 0 aliphatic heterocycles. The second-order valence-corrected chi connectivity index (χ2v) is 4.55. The lowest BCUT2D eigenvalue weighted by atomic mass is 10.1. The lowest BCUT2D eigenvalue weighted by molar-refractivity contribution is -0.145. The van der Waals surface area contributed by atoms with Gasteiger partial charge in [-0.15, -0.1) is 0 Å². The van der Waals surface area contributed by atoms with Gasteiger partial charge in [-0.05, 0) is 54.6 Å². The maximum Gasteiger partial charge on any atom is 0.323 e. The Morgan fingerprint density at radius 3 is 2.75 bits per heavy atom. The maximum atomic E-state index is 11.6. The molecule has 3 nitrogen and oxygen atoms in total. The van der Waals surface area contributed by atoms with Gasteiger partial charge < -0.3 is 10.1 Å². The second kappa shape index (κ2) is 6.85. The lowest BCUT2D eigenvalue weighted by Gasteiger charge is -2.15. The fourth-order valence-electron chi connectivity index (χ4n) is 1.43. The van der Waals surface area contributed by atoms with Crippen molar-refractivity contribution in [3.05, 3.63) is 33.4 Å². The summed E-state index contributed by atoms with van der Waals surface area (Å²) in [5.41, 5.74) is 1.16. The van der Waals surface area contributed by atoms with Crippen LogP contribution in [0.3, 0.4) is 0 Å². The number of halogens is 1. The Morgan fingerprint density at radius 2 is 2.19 bits per heavy atom. The Balaban J connectivity index is 2.70. The van der Waals surface area contributed by atoms with E-state index in [-0.39, 0.29) is 12.0 Å². The maximum absolute atomic E-state index is 11.6. The highest BCUT2D eigenvalue weighted by molar-refractivity contribution is 14.1. The number of carbonyl (C=O) groups is 1. The van der Waals surface area contributed by atoms with E-state index in [0.29, 0.717) is 13.0 Å². The molecule has 0 saturated carbocycles. The summed E-state index contributed by atoms with van der Waals surface area (Å²) in [5.74, 6) is -0.190. The van der Waals surface area contributed by atoms with Gasteiger partial charge in [0.1, 0.15) is 6.04 Å². The monoisotopic (exact) mass is 333 g/mol. The van der Waals surface area contributed by atoms with Gasteiger partial charge in [-0.1, -0.05) is 18.2 Å². The highest BCUT2D eigenvalue weighted by Gasteiger charge is 2.18. The summed E-state index contributed by atoms with van der Waals surface area (Å²) in [4.78, 5) is 11.6. The first-order chi connectivity index (χ1) is 7.69. The van der Waals surface area contributed by atoms with Crippen LogP contribution in [0, 0.1) is 3.57 Å². The third-order valence-corrected chi connectivity index (χ3v) is 3.35. The molecular formula is C12H16INO2. The van der Waals surface area contributed by atoms with Crippen molar-refractivity contribution in [2.75, 3.05) is 13.7 Å². The first-order valence-corrected chi connectivity index (χ1v) is 6.34. The fourth-order valence-corrected chi connectivity index (χ4v) is 2.04. The van der Waals surface area contributed by atoms with E-state index in [1.807, 2.05) is 31.2 Å². The van der Waals surface area contributed by atoms with Crippen LogP contribution in [-0.4, -0.2) is 25.7 Å². The molecule has 0 bridgehead atoms. The number of benzene rings is 1. The summed E-state index contributed by atoms with van der Waals surface area (Å²) in [6.07, 6.45) is 0.661.